The number of aryl methyl sites for hydroxylation is 1. The topological polar surface area (TPSA) is 82.1 Å². The standard InChI is InChI=1S/C22H26ClF3N6O/c1-11-16(23)7-15(13(3)32-21-18(12(2)30-32)20(27)28-10-29-21)19(33-4)17(11)14-8-31(9-14)6-5-22(24,25)26/h7,10,13-14H,5-6,8-9H2,1-4H3,(H2,27,28,29). The van der Waals surface area contributed by atoms with E-state index in [9.17, 15) is 13.2 Å². The Morgan fingerprint density at radius 2 is 1.97 bits per heavy atom. The van der Waals surface area contributed by atoms with Crippen molar-refractivity contribution in [1.29, 1.82) is 0 Å². The summed E-state index contributed by atoms with van der Waals surface area (Å²) >= 11 is 6.62. The number of nitrogens with two attached hydrogens (primary N) is 1. The number of alkyl halides is 3. The number of nitrogen functional groups attached to an aromatic ring is 1. The third-order valence-corrected chi connectivity index (χ3v) is 6.73. The van der Waals surface area contributed by atoms with Gasteiger partial charge in [0, 0.05) is 41.7 Å². The maximum Gasteiger partial charge on any atom is 0.390 e. The van der Waals surface area contributed by atoms with Crippen LogP contribution >= 0.6 is 11.6 Å². The van der Waals surface area contributed by atoms with Crippen LogP contribution in [0.15, 0.2) is 12.4 Å². The first kappa shape index (κ1) is 23.6. The number of fused-ring (bicyclic) bond motifs is 1. The molecule has 2 aromatic heterocycles. The van der Waals surface area contributed by atoms with Gasteiger partial charge in [0.1, 0.15) is 17.9 Å². The van der Waals surface area contributed by atoms with E-state index in [4.69, 9.17) is 22.1 Å². The second-order valence-corrected chi connectivity index (χ2v) is 8.91. The van der Waals surface area contributed by atoms with Gasteiger partial charge in [-0.15, -0.1) is 0 Å². The summed E-state index contributed by atoms with van der Waals surface area (Å²) in [5, 5.41) is 5.91. The molecule has 1 aliphatic rings. The first-order chi connectivity index (χ1) is 15.5. The average molecular weight is 483 g/mol. The molecule has 0 spiro atoms. The van der Waals surface area contributed by atoms with E-state index in [0.717, 1.165) is 16.7 Å². The minimum absolute atomic E-state index is 0.00906. The van der Waals surface area contributed by atoms with E-state index in [1.165, 1.54) is 6.33 Å². The van der Waals surface area contributed by atoms with Crippen molar-refractivity contribution in [3.05, 3.63) is 39.8 Å². The summed E-state index contributed by atoms with van der Waals surface area (Å²) in [4.78, 5) is 10.2. The number of anilines is 1. The van der Waals surface area contributed by atoms with Gasteiger partial charge in [-0.1, -0.05) is 11.6 Å². The van der Waals surface area contributed by atoms with Crippen molar-refractivity contribution in [2.45, 2.75) is 45.3 Å². The van der Waals surface area contributed by atoms with Gasteiger partial charge in [0.15, 0.2) is 5.65 Å². The van der Waals surface area contributed by atoms with Crippen molar-refractivity contribution in [1.82, 2.24) is 24.6 Å². The highest BCUT2D eigenvalue weighted by Gasteiger charge is 2.36. The van der Waals surface area contributed by atoms with Gasteiger partial charge in [-0.25, -0.2) is 14.6 Å². The van der Waals surface area contributed by atoms with Crippen LogP contribution in [0.2, 0.25) is 5.02 Å². The zero-order chi connectivity index (χ0) is 24.1. The number of hydrogen-bond donors (Lipinski definition) is 1. The number of benzene rings is 1. The van der Waals surface area contributed by atoms with Crippen LogP contribution < -0.4 is 10.5 Å². The summed E-state index contributed by atoms with van der Waals surface area (Å²) in [6.45, 7) is 6.76. The van der Waals surface area contributed by atoms with E-state index >= 15 is 0 Å². The lowest BCUT2D eigenvalue weighted by molar-refractivity contribution is -0.140. The van der Waals surface area contributed by atoms with Gasteiger partial charge in [0.2, 0.25) is 0 Å². The minimum atomic E-state index is -4.16. The summed E-state index contributed by atoms with van der Waals surface area (Å²) in [6.07, 6.45) is -3.57. The Bertz CT molecular complexity index is 1190. The Kier molecular flexibility index (Phi) is 6.17. The van der Waals surface area contributed by atoms with Gasteiger partial charge >= 0.3 is 6.18 Å². The number of ether oxygens (including phenoxy) is 1. The molecule has 0 saturated carbocycles. The highest BCUT2D eigenvalue weighted by atomic mass is 35.5. The number of hydrogen-bond acceptors (Lipinski definition) is 6. The van der Waals surface area contributed by atoms with Crippen LogP contribution in [0.1, 0.15) is 47.7 Å². The molecule has 7 nitrogen and oxygen atoms in total. The van der Waals surface area contributed by atoms with Gasteiger partial charge in [-0.2, -0.15) is 18.3 Å². The molecule has 11 heteroatoms. The second-order valence-electron chi connectivity index (χ2n) is 8.50. The Morgan fingerprint density at radius 1 is 1.27 bits per heavy atom. The third kappa shape index (κ3) is 4.33. The molecule has 33 heavy (non-hydrogen) atoms. The largest absolute Gasteiger partial charge is 0.496 e. The van der Waals surface area contributed by atoms with Crippen LogP contribution in [0.3, 0.4) is 0 Å². The molecule has 0 bridgehead atoms. The van der Waals surface area contributed by atoms with Crippen LogP contribution in [0.4, 0.5) is 19.0 Å². The van der Waals surface area contributed by atoms with E-state index in [1.54, 1.807) is 16.7 Å². The Hall–Kier alpha value is -2.59. The zero-order valence-corrected chi connectivity index (χ0v) is 19.6. The van der Waals surface area contributed by atoms with E-state index in [2.05, 4.69) is 15.1 Å². The summed E-state index contributed by atoms with van der Waals surface area (Å²) in [7, 11) is 1.59. The van der Waals surface area contributed by atoms with E-state index < -0.39 is 12.6 Å². The third-order valence-electron chi connectivity index (χ3n) is 6.34. The molecule has 1 fully saturated rings. The van der Waals surface area contributed by atoms with Crippen molar-refractivity contribution < 1.29 is 17.9 Å². The number of methoxy groups -OCH3 is 1. The fraction of sp³-hybridized carbons (Fsp3) is 0.500. The van der Waals surface area contributed by atoms with Crippen LogP contribution in [0, 0.1) is 13.8 Å². The van der Waals surface area contributed by atoms with Crippen molar-refractivity contribution in [3.63, 3.8) is 0 Å². The highest BCUT2D eigenvalue weighted by Crippen LogP contribution is 2.44. The monoisotopic (exact) mass is 482 g/mol. The molecule has 0 aliphatic carbocycles. The quantitative estimate of drug-likeness (QED) is 0.551. The van der Waals surface area contributed by atoms with Crippen molar-refractivity contribution in [2.75, 3.05) is 32.5 Å². The summed E-state index contributed by atoms with van der Waals surface area (Å²) in [6, 6.07) is 1.57. The van der Waals surface area contributed by atoms with Gasteiger partial charge in [0.05, 0.1) is 30.7 Å². The molecular formula is C22H26ClF3N6O. The Morgan fingerprint density at radius 3 is 2.61 bits per heavy atom. The first-order valence-electron chi connectivity index (χ1n) is 10.6. The van der Waals surface area contributed by atoms with Crippen LogP contribution in [0.5, 0.6) is 5.75 Å². The molecule has 0 amide bonds. The Balaban J connectivity index is 1.70. The SMILES string of the molecule is COc1c(C(C)n2nc(C)c3c(N)ncnc32)cc(Cl)c(C)c1C1CN(CCC(F)(F)F)C1. The second kappa shape index (κ2) is 8.64. The lowest BCUT2D eigenvalue weighted by atomic mass is 9.85. The van der Waals surface area contributed by atoms with Crippen molar-refractivity contribution in [3.8, 4) is 5.75 Å². The van der Waals surface area contributed by atoms with Gasteiger partial charge < -0.3 is 15.4 Å². The smallest absolute Gasteiger partial charge is 0.390 e. The molecule has 178 valence electrons. The van der Waals surface area contributed by atoms with Gasteiger partial charge in [0.25, 0.3) is 0 Å². The molecule has 1 aliphatic heterocycles. The molecule has 3 heterocycles. The normalized spacial score (nSPS) is 16.2. The number of halogens is 4. The first-order valence-corrected chi connectivity index (χ1v) is 11.0. The molecular weight excluding hydrogens is 457 g/mol. The number of aromatic nitrogens is 4. The molecule has 1 atom stereocenters. The van der Waals surface area contributed by atoms with Crippen molar-refractivity contribution >= 4 is 28.5 Å². The molecule has 2 N–H and O–H groups in total. The zero-order valence-electron chi connectivity index (χ0n) is 18.9. The summed E-state index contributed by atoms with van der Waals surface area (Å²) in [5.74, 6) is 1.07. The summed E-state index contributed by atoms with van der Waals surface area (Å²) in [5.41, 5.74) is 9.98. The number of likely N-dealkylation sites (tertiary alicyclic amines) is 1. The molecule has 4 rings (SSSR count). The fourth-order valence-corrected chi connectivity index (χ4v) is 4.80. The van der Waals surface area contributed by atoms with E-state index in [-0.39, 0.29) is 18.5 Å². The molecule has 0 radical (unpaired) electrons. The van der Waals surface area contributed by atoms with E-state index in [1.807, 2.05) is 26.8 Å². The van der Waals surface area contributed by atoms with Crippen LogP contribution in [0.25, 0.3) is 11.0 Å². The highest BCUT2D eigenvalue weighted by molar-refractivity contribution is 6.31. The van der Waals surface area contributed by atoms with Crippen LogP contribution in [-0.2, 0) is 0 Å². The maximum atomic E-state index is 12.6. The predicted octanol–water partition coefficient (Wildman–Crippen LogP) is 4.65. The lowest BCUT2D eigenvalue weighted by Crippen LogP contribution is -2.46. The molecule has 1 aromatic carbocycles. The van der Waals surface area contributed by atoms with Gasteiger partial charge in [-0.3, -0.25) is 0 Å². The molecule has 1 unspecified atom stereocenters. The average Bonchev–Trinajstić information content (AvgIpc) is 3.06. The predicted molar refractivity (Wildman–Crippen MR) is 121 cm³/mol. The van der Waals surface area contributed by atoms with Crippen molar-refractivity contribution in [2.24, 2.45) is 0 Å². The van der Waals surface area contributed by atoms with E-state index in [0.29, 0.717) is 46.4 Å². The fourth-order valence-electron chi connectivity index (χ4n) is 4.59. The lowest BCUT2D eigenvalue weighted by Gasteiger charge is -2.41. The molecule has 1 saturated heterocycles. The minimum Gasteiger partial charge on any atom is -0.496 e. The Labute approximate surface area is 194 Å². The summed E-state index contributed by atoms with van der Waals surface area (Å²) < 4.78 is 45.4. The number of rotatable bonds is 6. The van der Waals surface area contributed by atoms with Crippen LogP contribution in [-0.4, -0.2) is 57.6 Å². The molecule has 3 aromatic rings. The number of nitrogens with zero attached hydrogens (tertiary/aromatic N) is 5. The van der Waals surface area contributed by atoms with Gasteiger partial charge in [-0.05, 0) is 32.4 Å². The maximum absolute atomic E-state index is 12.6.